The third-order valence-corrected chi connectivity index (χ3v) is 6.96. The normalized spacial score (nSPS) is 11.9. The van der Waals surface area contributed by atoms with Gasteiger partial charge in [-0.15, -0.1) is 0 Å². The molecule has 0 fully saturated rings. The Morgan fingerprint density at radius 1 is 1.17 bits per heavy atom. The minimum atomic E-state index is -3.92. The molecule has 35 heavy (non-hydrogen) atoms. The summed E-state index contributed by atoms with van der Waals surface area (Å²) >= 11 is 0. The molecule has 0 unspecified atom stereocenters. The molecule has 9 nitrogen and oxygen atoms in total. The number of aromatic nitrogens is 3. The number of nitrogens with zero attached hydrogens (tertiary/aromatic N) is 4. The van der Waals surface area contributed by atoms with E-state index in [1.807, 2.05) is 38.4 Å². The molecule has 0 radical (unpaired) electrons. The van der Waals surface area contributed by atoms with E-state index in [-0.39, 0.29) is 27.4 Å². The standard InChI is InChI=1S/C25H33N5O4S/c1-7-12-30-20(13-17(2)27-30)16-29(6)23-22(24(31)32)14-19(15-26-23)28-35(33,34)21-10-8-18(9-11-21)25(3,4)5/h8-11,13-15,28H,7,12,16H2,1-6H3,(H,31,32). The number of carboxylic acid groups (broad SMARTS) is 1. The molecule has 10 heteroatoms. The van der Waals surface area contributed by atoms with Crippen LogP contribution in [0, 0.1) is 6.92 Å². The fourth-order valence-corrected chi connectivity index (χ4v) is 4.81. The van der Waals surface area contributed by atoms with E-state index in [1.54, 1.807) is 24.1 Å². The predicted octanol–water partition coefficient (Wildman–Crippen LogP) is 4.43. The van der Waals surface area contributed by atoms with Crippen LogP contribution in [0.25, 0.3) is 0 Å². The van der Waals surface area contributed by atoms with Crippen LogP contribution in [0.1, 0.15) is 61.4 Å². The number of sulfonamides is 1. The molecule has 3 aromatic rings. The molecule has 0 aliphatic rings. The molecule has 1 aromatic carbocycles. The van der Waals surface area contributed by atoms with Crippen LogP contribution in [0.4, 0.5) is 11.5 Å². The van der Waals surface area contributed by atoms with E-state index < -0.39 is 16.0 Å². The number of anilines is 2. The molecule has 3 rings (SSSR count). The second-order valence-corrected chi connectivity index (χ2v) is 11.3. The van der Waals surface area contributed by atoms with Gasteiger partial charge in [-0.25, -0.2) is 18.2 Å². The summed E-state index contributed by atoms with van der Waals surface area (Å²) in [7, 11) is -2.17. The van der Waals surface area contributed by atoms with Crippen LogP contribution < -0.4 is 9.62 Å². The summed E-state index contributed by atoms with van der Waals surface area (Å²) in [5.74, 6) is -0.968. The lowest BCUT2D eigenvalue weighted by atomic mass is 9.87. The smallest absolute Gasteiger partial charge is 0.339 e. The van der Waals surface area contributed by atoms with E-state index in [9.17, 15) is 18.3 Å². The molecule has 0 aliphatic carbocycles. The zero-order valence-electron chi connectivity index (χ0n) is 21.0. The van der Waals surface area contributed by atoms with Crippen molar-refractivity contribution in [3.05, 3.63) is 65.1 Å². The fraction of sp³-hybridized carbons (Fsp3) is 0.400. The van der Waals surface area contributed by atoms with Gasteiger partial charge in [-0.2, -0.15) is 5.10 Å². The molecular weight excluding hydrogens is 466 g/mol. The van der Waals surface area contributed by atoms with E-state index in [4.69, 9.17) is 0 Å². The fourth-order valence-electron chi connectivity index (χ4n) is 3.77. The largest absolute Gasteiger partial charge is 0.478 e. The van der Waals surface area contributed by atoms with E-state index >= 15 is 0 Å². The number of hydrogen-bond acceptors (Lipinski definition) is 6. The number of carboxylic acids is 1. The van der Waals surface area contributed by atoms with Crippen LogP contribution in [-0.4, -0.2) is 41.3 Å². The number of aromatic carboxylic acids is 1. The van der Waals surface area contributed by atoms with Crippen LogP contribution in [0.5, 0.6) is 0 Å². The van der Waals surface area contributed by atoms with Crippen molar-refractivity contribution >= 4 is 27.5 Å². The lowest BCUT2D eigenvalue weighted by Crippen LogP contribution is -2.23. The van der Waals surface area contributed by atoms with Gasteiger partial charge in [0.05, 0.1) is 34.7 Å². The third-order valence-electron chi connectivity index (χ3n) is 5.56. The van der Waals surface area contributed by atoms with Crippen LogP contribution in [-0.2, 0) is 28.5 Å². The first-order chi connectivity index (χ1) is 16.3. The van der Waals surface area contributed by atoms with Gasteiger partial charge in [-0.3, -0.25) is 9.40 Å². The van der Waals surface area contributed by atoms with Gasteiger partial charge < -0.3 is 10.0 Å². The summed E-state index contributed by atoms with van der Waals surface area (Å²) < 4.78 is 30.1. The summed E-state index contributed by atoms with van der Waals surface area (Å²) in [5, 5.41) is 14.3. The number of nitrogens with one attached hydrogen (secondary N) is 1. The highest BCUT2D eigenvalue weighted by atomic mass is 32.2. The van der Waals surface area contributed by atoms with Gasteiger partial charge in [0.1, 0.15) is 11.4 Å². The first kappa shape index (κ1) is 26.2. The molecule has 0 amide bonds. The highest BCUT2D eigenvalue weighted by molar-refractivity contribution is 7.92. The van der Waals surface area contributed by atoms with E-state index in [2.05, 4.69) is 21.7 Å². The van der Waals surface area contributed by atoms with Crippen molar-refractivity contribution in [2.75, 3.05) is 16.7 Å². The predicted molar refractivity (Wildman–Crippen MR) is 137 cm³/mol. The molecule has 0 atom stereocenters. The Kier molecular flexibility index (Phi) is 7.54. The molecule has 0 spiro atoms. The Balaban J connectivity index is 1.86. The van der Waals surface area contributed by atoms with E-state index in [0.29, 0.717) is 6.54 Å². The second kappa shape index (κ2) is 10.1. The number of hydrogen-bond donors (Lipinski definition) is 2. The minimum absolute atomic E-state index is 0.0753. The van der Waals surface area contributed by atoms with Gasteiger partial charge in [-0.05, 0) is 48.6 Å². The molecule has 0 saturated heterocycles. The number of rotatable bonds is 9. The molecule has 0 aliphatic heterocycles. The first-order valence-corrected chi connectivity index (χ1v) is 12.9. The maximum absolute atomic E-state index is 12.9. The summed E-state index contributed by atoms with van der Waals surface area (Å²) in [6.45, 7) is 11.3. The van der Waals surface area contributed by atoms with Crippen molar-refractivity contribution in [1.29, 1.82) is 0 Å². The Morgan fingerprint density at radius 2 is 1.83 bits per heavy atom. The average Bonchev–Trinajstić information content (AvgIpc) is 3.11. The first-order valence-electron chi connectivity index (χ1n) is 11.4. The van der Waals surface area contributed by atoms with Gasteiger partial charge in [0.15, 0.2) is 0 Å². The maximum atomic E-state index is 12.9. The van der Waals surface area contributed by atoms with E-state index in [0.717, 1.165) is 29.9 Å². The highest BCUT2D eigenvalue weighted by Crippen LogP contribution is 2.26. The lowest BCUT2D eigenvalue weighted by Gasteiger charge is -2.21. The number of pyridine rings is 1. The Bertz CT molecular complexity index is 1310. The summed E-state index contributed by atoms with van der Waals surface area (Å²) in [6.07, 6.45) is 2.25. The lowest BCUT2D eigenvalue weighted by molar-refractivity contribution is 0.0697. The zero-order valence-corrected chi connectivity index (χ0v) is 21.8. The molecule has 2 heterocycles. The molecule has 0 saturated carbocycles. The second-order valence-electron chi connectivity index (χ2n) is 9.64. The molecule has 188 valence electrons. The Hall–Kier alpha value is -3.40. The van der Waals surface area contributed by atoms with E-state index in [1.165, 1.54) is 24.4 Å². The summed E-state index contributed by atoms with van der Waals surface area (Å²) in [4.78, 5) is 18.1. The van der Waals surface area contributed by atoms with Crippen LogP contribution >= 0.6 is 0 Å². The molecule has 2 N–H and O–H groups in total. The average molecular weight is 500 g/mol. The zero-order chi connectivity index (χ0) is 26.0. The number of carbonyl (C=O) groups is 1. The summed E-state index contributed by atoms with van der Waals surface area (Å²) in [6, 6.07) is 9.88. The van der Waals surface area contributed by atoms with Crippen LogP contribution in [0.2, 0.25) is 0 Å². The van der Waals surface area contributed by atoms with Crippen molar-refractivity contribution < 1.29 is 18.3 Å². The van der Waals surface area contributed by atoms with Crippen molar-refractivity contribution in [3.8, 4) is 0 Å². The van der Waals surface area contributed by atoms with Crippen molar-refractivity contribution in [2.24, 2.45) is 0 Å². The van der Waals surface area contributed by atoms with Crippen molar-refractivity contribution in [1.82, 2.24) is 14.8 Å². The quantitative estimate of drug-likeness (QED) is 0.447. The van der Waals surface area contributed by atoms with Crippen LogP contribution in [0.15, 0.2) is 47.5 Å². The van der Waals surface area contributed by atoms with Crippen molar-refractivity contribution in [3.63, 3.8) is 0 Å². The monoisotopic (exact) mass is 499 g/mol. The van der Waals surface area contributed by atoms with Crippen LogP contribution in [0.3, 0.4) is 0 Å². The maximum Gasteiger partial charge on any atom is 0.339 e. The summed E-state index contributed by atoms with van der Waals surface area (Å²) in [5.41, 5.74) is 2.70. The molecule has 0 bridgehead atoms. The van der Waals surface area contributed by atoms with Gasteiger partial charge in [0, 0.05) is 13.6 Å². The van der Waals surface area contributed by atoms with Gasteiger partial charge >= 0.3 is 5.97 Å². The number of benzene rings is 1. The number of aryl methyl sites for hydroxylation is 2. The van der Waals surface area contributed by atoms with Crippen molar-refractivity contribution in [2.45, 2.75) is 64.4 Å². The Labute approximate surface area is 206 Å². The topological polar surface area (TPSA) is 117 Å². The van der Waals surface area contributed by atoms with Gasteiger partial charge in [-0.1, -0.05) is 39.8 Å². The minimum Gasteiger partial charge on any atom is -0.478 e. The van der Waals surface area contributed by atoms with Gasteiger partial charge in [0.2, 0.25) is 0 Å². The molecule has 2 aromatic heterocycles. The molecular formula is C25H33N5O4S. The third kappa shape index (κ3) is 6.19. The highest BCUT2D eigenvalue weighted by Gasteiger charge is 2.21. The van der Waals surface area contributed by atoms with Gasteiger partial charge in [0.25, 0.3) is 10.0 Å². The SMILES string of the molecule is CCCn1nc(C)cc1CN(C)c1ncc(NS(=O)(=O)c2ccc(C(C)(C)C)cc2)cc1C(=O)O. The Morgan fingerprint density at radius 3 is 2.40 bits per heavy atom.